The number of benzene rings is 1. The summed E-state index contributed by atoms with van der Waals surface area (Å²) in [6.45, 7) is 4.96. The van der Waals surface area contributed by atoms with E-state index >= 15 is 0 Å². The highest BCUT2D eigenvalue weighted by molar-refractivity contribution is 6.35. The third-order valence-corrected chi connectivity index (χ3v) is 7.30. The van der Waals surface area contributed by atoms with E-state index in [2.05, 4.69) is 19.8 Å². The van der Waals surface area contributed by atoms with Crippen LogP contribution in [0.3, 0.4) is 0 Å². The van der Waals surface area contributed by atoms with Gasteiger partial charge in [0, 0.05) is 43.9 Å². The summed E-state index contributed by atoms with van der Waals surface area (Å²) in [5, 5.41) is 0.325. The van der Waals surface area contributed by atoms with E-state index < -0.39 is 17.6 Å². The molecule has 2 N–H and O–H groups in total. The molecule has 0 aliphatic carbocycles. The molecule has 0 saturated carbocycles. The second-order valence-electron chi connectivity index (χ2n) is 9.22. The van der Waals surface area contributed by atoms with E-state index in [-0.39, 0.29) is 17.3 Å². The number of nitrogens with two attached hydrogens (primary N) is 1. The third-order valence-electron chi connectivity index (χ3n) is 6.94. The van der Waals surface area contributed by atoms with E-state index in [1.165, 1.54) is 18.8 Å². The minimum Gasteiger partial charge on any atom is -0.382 e. The van der Waals surface area contributed by atoms with Gasteiger partial charge in [0.1, 0.15) is 28.8 Å². The van der Waals surface area contributed by atoms with Crippen LogP contribution in [-0.2, 0) is 12.7 Å². The van der Waals surface area contributed by atoms with Crippen molar-refractivity contribution in [2.45, 2.75) is 37.9 Å². The second-order valence-corrected chi connectivity index (χ2v) is 9.60. The second kappa shape index (κ2) is 9.85. The lowest BCUT2D eigenvalue weighted by atomic mass is 9.95. The topological polar surface area (TPSA) is 76.1 Å². The molecule has 2 saturated heterocycles. The number of likely N-dealkylation sites (tertiary alicyclic amines) is 1. The summed E-state index contributed by atoms with van der Waals surface area (Å²) in [7, 11) is 0. The fraction of sp³-hybridized carbons (Fsp3) is 0.458. The highest BCUT2D eigenvalue weighted by atomic mass is 35.5. The molecule has 0 spiro atoms. The molecule has 0 atom stereocenters. The molecule has 2 aromatic heterocycles. The molecule has 12 heteroatoms. The normalized spacial score (nSPS) is 17.4. The average Bonchev–Trinajstić information content (AvgIpc) is 3.24. The number of aromatic nitrogens is 4. The summed E-state index contributed by atoms with van der Waals surface area (Å²) < 4.78 is 55.8. The van der Waals surface area contributed by atoms with Crippen molar-refractivity contribution in [1.82, 2.24) is 24.4 Å². The zero-order chi connectivity index (χ0) is 25.4. The molecule has 2 aliphatic heterocycles. The zero-order valence-corrected chi connectivity index (χ0v) is 20.2. The molecular formula is C24H26ClF4N7. The van der Waals surface area contributed by atoms with Gasteiger partial charge in [-0.1, -0.05) is 11.6 Å². The van der Waals surface area contributed by atoms with Crippen LogP contribution in [0.25, 0.3) is 11.3 Å². The van der Waals surface area contributed by atoms with Crippen molar-refractivity contribution >= 4 is 23.2 Å². The number of alkyl halides is 3. The molecule has 36 heavy (non-hydrogen) atoms. The number of imidazole rings is 1. The van der Waals surface area contributed by atoms with Crippen molar-refractivity contribution in [3.63, 3.8) is 0 Å². The van der Waals surface area contributed by atoms with Crippen LogP contribution in [0, 0.1) is 5.82 Å². The van der Waals surface area contributed by atoms with E-state index in [9.17, 15) is 17.6 Å². The molecule has 0 amide bonds. The summed E-state index contributed by atoms with van der Waals surface area (Å²) in [4.78, 5) is 17.3. The Hall–Kier alpha value is -2.92. The Balaban J connectivity index is 1.40. The fourth-order valence-electron chi connectivity index (χ4n) is 4.77. The Kier molecular flexibility index (Phi) is 6.78. The number of hydrogen-bond donors (Lipinski definition) is 1. The predicted molar refractivity (Wildman–Crippen MR) is 129 cm³/mol. The molecule has 0 bridgehead atoms. The average molecular weight is 524 g/mol. The van der Waals surface area contributed by atoms with Gasteiger partial charge in [-0.3, -0.25) is 0 Å². The van der Waals surface area contributed by atoms with Crippen molar-refractivity contribution in [3.05, 3.63) is 53.0 Å². The van der Waals surface area contributed by atoms with Crippen LogP contribution in [0.1, 0.15) is 36.6 Å². The molecule has 2 aliphatic rings. The standard InChI is InChI=1S/C24H26ClF4N7/c25-20-21(30)31-14-32-23(20)35-8-4-15(5-9-35)22-33-19(13-36(22)11-10-34-6-1-7-34)16-2-3-18(26)17(12-16)24(27,28)29/h2-3,12-15H,1,4-11H2,(H2,30,31,32). The minimum absolute atomic E-state index is 0.104. The van der Waals surface area contributed by atoms with Gasteiger partial charge in [-0.15, -0.1) is 0 Å². The molecule has 7 nitrogen and oxygen atoms in total. The van der Waals surface area contributed by atoms with Crippen molar-refractivity contribution in [3.8, 4) is 11.3 Å². The number of rotatable bonds is 6. The summed E-state index contributed by atoms with van der Waals surface area (Å²) in [6, 6.07) is 3.04. The Morgan fingerprint density at radius 1 is 1.06 bits per heavy atom. The van der Waals surface area contributed by atoms with Gasteiger partial charge in [0.2, 0.25) is 0 Å². The maximum absolute atomic E-state index is 13.9. The van der Waals surface area contributed by atoms with E-state index in [0.717, 1.165) is 50.4 Å². The van der Waals surface area contributed by atoms with E-state index in [1.54, 1.807) is 6.20 Å². The lowest BCUT2D eigenvalue weighted by molar-refractivity contribution is -0.139. The Bertz CT molecular complexity index is 1230. The first-order valence-corrected chi connectivity index (χ1v) is 12.3. The van der Waals surface area contributed by atoms with Gasteiger partial charge in [-0.05, 0) is 50.6 Å². The van der Waals surface area contributed by atoms with E-state index in [4.69, 9.17) is 22.3 Å². The van der Waals surface area contributed by atoms with Crippen molar-refractivity contribution < 1.29 is 17.6 Å². The first-order valence-electron chi connectivity index (χ1n) is 11.9. The molecule has 192 valence electrons. The van der Waals surface area contributed by atoms with Crippen molar-refractivity contribution in [2.75, 3.05) is 43.4 Å². The van der Waals surface area contributed by atoms with E-state index in [1.807, 2.05) is 4.57 Å². The van der Waals surface area contributed by atoms with Crippen LogP contribution >= 0.6 is 11.6 Å². The highest BCUT2D eigenvalue weighted by Crippen LogP contribution is 2.37. The fourth-order valence-corrected chi connectivity index (χ4v) is 4.99. The summed E-state index contributed by atoms with van der Waals surface area (Å²) in [5.41, 5.74) is 5.19. The lowest BCUT2D eigenvalue weighted by Gasteiger charge is -2.34. The first-order chi connectivity index (χ1) is 17.2. The Morgan fingerprint density at radius 3 is 2.47 bits per heavy atom. The molecular weight excluding hydrogens is 498 g/mol. The number of hydrogen-bond acceptors (Lipinski definition) is 6. The predicted octanol–water partition coefficient (Wildman–Crippen LogP) is 4.82. The van der Waals surface area contributed by atoms with Crippen LogP contribution in [0.4, 0.5) is 29.2 Å². The molecule has 1 aromatic carbocycles. The van der Waals surface area contributed by atoms with Gasteiger partial charge in [-0.2, -0.15) is 13.2 Å². The highest BCUT2D eigenvalue weighted by Gasteiger charge is 2.35. The quantitative estimate of drug-likeness (QED) is 0.467. The van der Waals surface area contributed by atoms with Crippen molar-refractivity contribution in [1.29, 1.82) is 0 Å². The molecule has 3 aromatic rings. The minimum atomic E-state index is -4.78. The lowest BCUT2D eigenvalue weighted by Crippen LogP contribution is -2.39. The molecule has 4 heterocycles. The molecule has 0 radical (unpaired) electrons. The van der Waals surface area contributed by atoms with Gasteiger partial charge in [0.15, 0.2) is 5.82 Å². The van der Waals surface area contributed by atoms with Crippen LogP contribution in [0.2, 0.25) is 5.02 Å². The van der Waals surface area contributed by atoms with Crippen LogP contribution in [0.15, 0.2) is 30.7 Å². The van der Waals surface area contributed by atoms with E-state index in [0.29, 0.717) is 36.2 Å². The Labute approximate surface area is 210 Å². The Morgan fingerprint density at radius 2 is 1.81 bits per heavy atom. The van der Waals surface area contributed by atoms with Crippen LogP contribution in [-0.4, -0.2) is 57.1 Å². The van der Waals surface area contributed by atoms with Gasteiger partial charge >= 0.3 is 6.18 Å². The first kappa shape index (κ1) is 24.8. The monoisotopic (exact) mass is 523 g/mol. The zero-order valence-electron chi connectivity index (χ0n) is 19.5. The maximum Gasteiger partial charge on any atom is 0.419 e. The van der Waals surface area contributed by atoms with Gasteiger partial charge in [0.25, 0.3) is 0 Å². The summed E-state index contributed by atoms with van der Waals surface area (Å²) in [5.74, 6) is 0.464. The SMILES string of the molecule is Nc1ncnc(N2CCC(c3nc(-c4ccc(F)c(C(F)(F)F)c4)cn3CCN3CCC3)CC2)c1Cl. The molecule has 5 rings (SSSR count). The number of anilines is 2. The number of piperidine rings is 1. The number of nitrogen functional groups attached to an aromatic ring is 1. The maximum atomic E-state index is 13.9. The van der Waals surface area contributed by atoms with Crippen LogP contribution < -0.4 is 10.6 Å². The van der Waals surface area contributed by atoms with Crippen LogP contribution in [0.5, 0.6) is 0 Å². The van der Waals surface area contributed by atoms with Gasteiger partial charge in [0.05, 0.1) is 11.3 Å². The van der Waals surface area contributed by atoms with Gasteiger partial charge < -0.3 is 20.1 Å². The molecule has 2 fully saturated rings. The summed E-state index contributed by atoms with van der Waals surface area (Å²) in [6.07, 6.45) is 1.09. The van der Waals surface area contributed by atoms with Gasteiger partial charge in [-0.25, -0.2) is 19.3 Å². The summed E-state index contributed by atoms with van der Waals surface area (Å²) >= 11 is 6.30. The molecule has 0 unspecified atom stereocenters. The van der Waals surface area contributed by atoms with Crippen molar-refractivity contribution in [2.24, 2.45) is 0 Å². The largest absolute Gasteiger partial charge is 0.419 e. The smallest absolute Gasteiger partial charge is 0.382 e. The number of nitrogens with zero attached hydrogens (tertiary/aromatic N) is 6. The third kappa shape index (κ3) is 4.99. The number of halogens is 5.